The van der Waals surface area contributed by atoms with Crippen LogP contribution in [0.3, 0.4) is 0 Å². The van der Waals surface area contributed by atoms with Crippen LogP contribution in [-0.2, 0) is 14.3 Å². The standard InChI is InChI=1S/C14H27NO3/c1-4-17-14(16)13(15)5-6-18-12-8-10(2)7-11(3)9-12/h10-13H,4-9,15H2,1-3H3. The van der Waals surface area contributed by atoms with Crippen LogP contribution < -0.4 is 5.73 Å². The van der Waals surface area contributed by atoms with Crippen molar-refractivity contribution in [3.05, 3.63) is 0 Å². The first-order valence-corrected chi connectivity index (χ1v) is 7.06. The van der Waals surface area contributed by atoms with E-state index in [2.05, 4.69) is 13.8 Å². The van der Waals surface area contributed by atoms with E-state index in [1.54, 1.807) is 6.92 Å². The minimum atomic E-state index is -0.552. The minimum Gasteiger partial charge on any atom is -0.465 e. The smallest absolute Gasteiger partial charge is 0.322 e. The summed E-state index contributed by atoms with van der Waals surface area (Å²) in [7, 11) is 0. The van der Waals surface area contributed by atoms with Gasteiger partial charge in [0.05, 0.1) is 12.7 Å². The fraction of sp³-hybridized carbons (Fsp3) is 0.929. The molecule has 3 atom stereocenters. The Labute approximate surface area is 110 Å². The lowest BCUT2D eigenvalue weighted by molar-refractivity contribution is -0.145. The molecule has 2 N–H and O–H groups in total. The second-order valence-electron chi connectivity index (χ2n) is 5.56. The number of carbonyl (C=O) groups excluding carboxylic acids is 1. The van der Waals surface area contributed by atoms with Crippen molar-refractivity contribution < 1.29 is 14.3 Å². The van der Waals surface area contributed by atoms with Crippen LogP contribution in [0, 0.1) is 11.8 Å². The second-order valence-corrected chi connectivity index (χ2v) is 5.56. The summed E-state index contributed by atoms with van der Waals surface area (Å²) in [4.78, 5) is 11.3. The predicted octanol–water partition coefficient (Wildman–Crippen LogP) is 2.11. The fourth-order valence-corrected chi connectivity index (χ4v) is 2.74. The van der Waals surface area contributed by atoms with Crippen LogP contribution >= 0.6 is 0 Å². The van der Waals surface area contributed by atoms with E-state index < -0.39 is 6.04 Å². The number of hydrogen-bond donors (Lipinski definition) is 1. The molecule has 0 saturated heterocycles. The third kappa shape index (κ3) is 5.36. The van der Waals surface area contributed by atoms with Gasteiger partial charge in [0.15, 0.2) is 0 Å². The highest BCUT2D eigenvalue weighted by atomic mass is 16.5. The third-order valence-corrected chi connectivity index (χ3v) is 3.51. The Morgan fingerprint density at radius 3 is 2.44 bits per heavy atom. The molecule has 0 heterocycles. The van der Waals surface area contributed by atoms with Gasteiger partial charge in [-0.15, -0.1) is 0 Å². The number of esters is 1. The molecule has 0 aromatic carbocycles. The van der Waals surface area contributed by atoms with Crippen molar-refractivity contribution in [2.45, 2.75) is 58.6 Å². The van der Waals surface area contributed by atoms with Crippen molar-refractivity contribution in [3.8, 4) is 0 Å². The van der Waals surface area contributed by atoms with E-state index in [9.17, 15) is 4.79 Å². The maximum absolute atomic E-state index is 11.3. The first kappa shape index (κ1) is 15.4. The van der Waals surface area contributed by atoms with Crippen molar-refractivity contribution >= 4 is 5.97 Å². The number of rotatable bonds is 6. The van der Waals surface area contributed by atoms with Gasteiger partial charge in [-0.3, -0.25) is 4.79 Å². The van der Waals surface area contributed by atoms with E-state index in [0.717, 1.165) is 24.7 Å². The topological polar surface area (TPSA) is 61.5 Å². The molecule has 0 bridgehead atoms. The summed E-state index contributed by atoms with van der Waals surface area (Å²) in [5.74, 6) is 1.14. The molecule has 3 unspecified atom stereocenters. The average Bonchev–Trinajstić information content (AvgIpc) is 2.27. The average molecular weight is 257 g/mol. The van der Waals surface area contributed by atoms with E-state index in [1.807, 2.05) is 0 Å². The highest BCUT2D eigenvalue weighted by molar-refractivity contribution is 5.75. The van der Waals surface area contributed by atoms with Crippen LogP contribution in [0.4, 0.5) is 0 Å². The highest BCUT2D eigenvalue weighted by Crippen LogP contribution is 2.30. The van der Waals surface area contributed by atoms with Crippen molar-refractivity contribution in [2.75, 3.05) is 13.2 Å². The molecule has 0 radical (unpaired) electrons. The number of carbonyl (C=O) groups is 1. The lowest BCUT2D eigenvalue weighted by atomic mass is 9.82. The van der Waals surface area contributed by atoms with Crippen LogP contribution in [0.15, 0.2) is 0 Å². The van der Waals surface area contributed by atoms with Gasteiger partial charge in [0.2, 0.25) is 0 Å². The zero-order valence-corrected chi connectivity index (χ0v) is 11.9. The van der Waals surface area contributed by atoms with Gasteiger partial charge in [-0.25, -0.2) is 0 Å². The highest BCUT2D eigenvalue weighted by Gasteiger charge is 2.24. The van der Waals surface area contributed by atoms with Crippen molar-refractivity contribution in [1.29, 1.82) is 0 Å². The summed E-state index contributed by atoms with van der Waals surface area (Å²) < 4.78 is 10.7. The van der Waals surface area contributed by atoms with E-state index >= 15 is 0 Å². The van der Waals surface area contributed by atoms with Gasteiger partial charge < -0.3 is 15.2 Å². The molecule has 1 saturated carbocycles. The van der Waals surface area contributed by atoms with Gasteiger partial charge >= 0.3 is 5.97 Å². The Hall–Kier alpha value is -0.610. The lowest BCUT2D eigenvalue weighted by Gasteiger charge is -2.31. The maximum atomic E-state index is 11.3. The molecule has 18 heavy (non-hydrogen) atoms. The van der Waals surface area contributed by atoms with Crippen LogP contribution in [-0.4, -0.2) is 31.3 Å². The molecular formula is C14H27NO3. The zero-order chi connectivity index (χ0) is 13.5. The van der Waals surface area contributed by atoms with Gasteiger partial charge in [0, 0.05) is 6.61 Å². The van der Waals surface area contributed by atoms with Crippen LogP contribution in [0.25, 0.3) is 0 Å². The Morgan fingerprint density at radius 1 is 1.28 bits per heavy atom. The number of hydrogen-bond acceptors (Lipinski definition) is 4. The summed E-state index contributed by atoms with van der Waals surface area (Å²) in [5.41, 5.74) is 5.72. The monoisotopic (exact) mass is 257 g/mol. The third-order valence-electron chi connectivity index (χ3n) is 3.51. The van der Waals surface area contributed by atoms with Crippen LogP contribution in [0.1, 0.15) is 46.5 Å². The van der Waals surface area contributed by atoms with Crippen molar-refractivity contribution in [3.63, 3.8) is 0 Å². The van der Waals surface area contributed by atoms with Gasteiger partial charge in [-0.1, -0.05) is 13.8 Å². The largest absolute Gasteiger partial charge is 0.465 e. The summed E-state index contributed by atoms with van der Waals surface area (Å²) in [6, 6.07) is -0.552. The molecule has 0 aromatic heterocycles. The SMILES string of the molecule is CCOC(=O)C(N)CCOC1CC(C)CC(C)C1. The van der Waals surface area contributed by atoms with E-state index in [4.69, 9.17) is 15.2 Å². The minimum absolute atomic E-state index is 0.327. The molecule has 106 valence electrons. The van der Waals surface area contributed by atoms with Gasteiger partial charge in [-0.05, 0) is 44.4 Å². The number of ether oxygens (including phenoxy) is 2. The number of nitrogens with two attached hydrogens (primary N) is 1. The molecule has 1 aliphatic carbocycles. The van der Waals surface area contributed by atoms with Gasteiger partial charge in [0.25, 0.3) is 0 Å². The Balaban J connectivity index is 2.19. The van der Waals surface area contributed by atoms with Crippen LogP contribution in [0.2, 0.25) is 0 Å². The Kier molecular flexibility index (Phi) is 6.65. The van der Waals surface area contributed by atoms with Gasteiger partial charge in [-0.2, -0.15) is 0 Å². The zero-order valence-electron chi connectivity index (χ0n) is 11.9. The van der Waals surface area contributed by atoms with Crippen LogP contribution in [0.5, 0.6) is 0 Å². The lowest BCUT2D eigenvalue weighted by Crippen LogP contribution is -2.34. The first-order chi connectivity index (χ1) is 8.52. The normalized spacial score (nSPS) is 29.9. The Morgan fingerprint density at radius 2 is 1.89 bits per heavy atom. The van der Waals surface area contributed by atoms with E-state index in [-0.39, 0.29) is 5.97 Å². The molecule has 4 nitrogen and oxygen atoms in total. The second kappa shape index (κ2) is 7.74. The molecular weight excluding hydrogens is 230 g/mol. The molecule has 0 aliphatic heterocycles. The molecule has 1 aliphatic rings. The summed E-state index contributed by atoms with van der Waals surface area (Å²) >= 11 is 0. The molecule has 4 heteroatoms. The molecule has 0 aromatic rings. The van der Waals surface area contributed by atoms with Crippen molar-refractivity contribution in [2.24, 2.45) is 17.6 Å². The molecule has 1 fully saturated rings. The summed E-state index contributed by atoms with van der Waals surface area (Å²) in [6.07, 6.45) is 4.41. The van der Waals surface area contributed by atoms with Crippen molar-refractivity contribution in [1.82, 2.24) is 0 Å². The molecule has 0 amide bonds. The van der Waals surface area contributed by atoms with E-state index in [1.165, 1.54) is 6.42 Å². The van der Waals surface area contributed by atoms with E-state index in [0.29, 0.717) is 25.7 Å². The summed E-state index contributed by atoms with van der Waals surface area (Å²) in [5, 5.41) is 0. The predicted molar refractivity (Wildman–Crippen MR) is 71.1 cm³/mol. The summed E-state index contributed by atoms with van der Waals surface area (Å²) in [6.45, 7) is 7.26. The maximum Gasteiger partial charge on any atom is 0.322 e. The first-order valence-electron chi connectivity index (χ1n) is 7.06. The molecule has 1 rings (SSSR count). The molecule has 0 spiro atoms. The quantitative estimate of drug-likeness (QED) is 0.740. The van der Waals surface area contributed by atoms with Gasteiger partial charge in [0.1, 0.15) is 6.04 Å². The Bertz CT molecular complexity index is 247. The fourth-order valence-electron chi connectivity index (χ4n) is 2.74.